The van der Waals surface area contributed by atoms with Crippen LogP contribution in [0.5, 0.6) is 0 Å². The van der Waals surface area contributed by atoms with Crippen LogP contribution in [0, 0.1) is 11.8 Å². The Labute approximate surface area is 232 Å². The Morgan fingerprint density at radius 3 is 2.41 bits per heavy atom. The van der Waals surface area contributed by atoms with Gasteiger partial charge in [0, 0.05) is 50.2 Å². The third-order valence-electron chi connectivity index (χ3n) is 7.32. The Kier molecular flexibility index (Phi) is 8.26. The summed E-state index contributed by atoms with van der Waals surface area (Å²) >= 11 is 6.42. The first kappa shape index (κ1) is 29.2. The van der Waals surface area contributed by atoms with Gasteiger partial charge in [0.1, 0.15) is 5.02 Å². The second-order valence-corrected chi connectivity index (χ2v) is 11.9. The Morgan fingerprint density at radius 2 is 1.79 bits per heavy atom. The SMILES string of the molecule is C[C@H]1CN(c2ncc(Cl)c(Nc3ccc4c(c3)n(CCC(C)(C)O)c(=O)n4CCN(C)C)n2)C[C@H](C)C1(F)F. The molecule has 4 rings (SSSR count). The van der Waals surface area contributed by atoms with E-state index in [1.54, 1.807) is 27.9 Å². The van der Waals surface area contributed by atoms with E-state index >= 15 is 0 Å². The monoisotopic (exact) mass is 565 g/mol. The van der Waals surface area contributed by atoms with Gasteiger partial charge < -0.3 is 20.2 Å². The fourth-order valence-electron chi connectivity index (χ4n) is 4.88. The lowest BCUT2D eigenvalue weighted by Crippen LogP contribution is -2.52. The van der Waals surface area contributed by atoms with Crippen LogP contribution in [-0.2, 0) is 13.1 Å². The number of aryl methyl sites for hydroxylation is 1. The van der Waals surface area contributed by atoms with E-state index in [-0.39, 0.29) is 23.8 Å². The van der Waals surface area contributed by atoms with Crippen molar-refractivity contribution in [3.63, 3.8) is 0 Å². The lowest BCUT2D eigenvalue weighted by Gasteiger charge is -2.41. The number of imidazole rings is 1. The summed E-state index contributed by atoms with van der Waals surface area (Å²) in [5.41, 5.74) is 1.10. The highest BCUT2D eigenvalue weighted by molar-refractivity contribution is 6.32. The normalized spacial score (nSPS) is 19.7. The number of nitrogens with one attached hydrogen (secondary N) is 1. The minimum atomic E-state index is -2.75. The summed E-state index contributed by atoms with van der Waals surface area (Å²) < 4.78 is 32.2. The van der Waals surface area contributed by atoms with E-state index in [0.29, 0.717) is 43.5 Å². The van der Waals surface area contributed by atoms with E-state index < -0.39 is 23.4 Å². The van der Waals surface area contributed by atoms with E-state index in [0.717, 1.165) is 11.0 Å². The number of aromatic nitrogens is 4. The number of fused-ring (bicyclic) bond motifs is 1. The highest BCUT2D eigenvalue weighted by Crippen LogP contribution is 2.39. The molecule has 1 fully saturated rings. The molecule has 9 nitrogen and oxygen atoms in total. The van der Waals surface area contributed by atoms with Crippen LogP contribution in [0.2, 0.25) is 5.02 Å². The van der Waals surface area contributed by atoms with Crippen molar-refractivity contribution in [3.05, 3.63) is 39.9 Å². The maximum absolute atomic E-state index is 14.4. The second kappa shape index (κ2) is 11.0. The molecule has 0 spiro atoms. The highest BCUT2D eigenvalue weighted by Gasteiger charge is 2.47. The van der Waals surface area contributed by atoms with E-state index in [4.69, 9.17) is 11.6 Å². The molecule has 0 unspecified atom stereocenters. The number of piperidine rings is 1. The average Bonchev–Trinajstić information content (AvgIpc) is 3.10. The zero-order valence-corrected chi connectivity index (χ0v) is 24.1. The summed E-state index contributed by atoms with van der Waals surface area (Å²) in [5, 5.41) is 13.8. The minimum absolute atomic E-state index is 0.137. The summed E-state index contributed by atoms with van der Waals surface area (Å²) in [5.74, 6) is -3.75. The van der Waals surface area contributed by atoms with Crippen LogP contribution in [0.25, 0.3) is 11.0 Å². The number of nitrogens with zero attached hydrogens (tertiary/aromatic N) is 6. The summed E-state index contributed by atoms with van der Waals surface area (Å²) in [6, 6.07) is 5.58. The quantitative estimate of drug-likeness (QED) is 0.396. The average molecular weight is 566 g/mol. The smallest absolute Gasteiger partial charge is 0.329 e. The van der Waals surface area contributed by atoms with Gasteiger partial charge >= 0.3 is 5.69 Å². The molecule has 1 saturated heterocycles. The van der Waals surface area contributed by atoms with E-state index in [2.05, 4.69) is 15.3 Å². The van der Waals surface area contributed by atoms with Crippen molar-refractivity contribution in [2.24, 2.45) is 11.8 Å². The number of alkyl halides is 2. The Bertz CT molecular complexity index is 1370. The first-order chi connectivity index (χ1) is 18.2. The van der Waals surface area contributed by atoms with Crippen LogP contribution >= 0.6 is 11.6 Å². The van der Waals surface area contributed by atoms with Gasteiger partial charge in [0.2, 0.25) is 5.95 Å². The van der Waals surface area contributed by atoms with Gasteiger partial charge in [0.15, 0.2) is 5.82 Å². The van der Waals surface area contributed by atoms with Crippen molar-refractivity contribution >= 4 is 40.1 Å². The molecule has 12 heteroatoms. The summed E-state index contributed by atoms with van der Waals surface area (Å²) in [6.45, 7) is 8.36. The number of aliphatic hydroxyl groups is 1. The van der Waals surface area contributed by atoms with Gasteiger partial charge in [-0.2, -0.15) is 4.98 Å². The van der Waals surface area contributed by atoms with E-state index in [1.165, 1.54) is 20.0 Å². The molecule has 1 aromatic carbocycles. The molecule has 1 aliphatic rings. The zero-order valence-electron chi connectivity index (χ0n) is 23.4. The molecule has 0 saturated carbocycles. The summed E-state index contributed by atoms with van der Waals surface area (Å²) in [4.78, 5) is 26.0. The number of benzene rings is 1. The number of hydrogen-bond donors (Lipinski definition) is 2. The van der Waals surface area contributed by atoms with E-state index in [1.807, 2.05) is 37.2 Å². The van der Waals surface area contributed by atoms with Crippen molar-refractivity contribution in [1.82, 2.24) is 24.0 Å². The molecule has 1 aliphatic heterocycles. The maximum Gasteiger partial charge on any atom is 0.329 e. The van der Waals surface area contributed by atoms with Crippen LogP contribution in [0.4, 0.5) is 26.2 Å². The molecule has 0 amide bonds. The summed E-state index contributed by atoms with van der Waals surface area (Å²) in [6.07, 6.45) is 1.87. The molecule has 3 aromatic rings. The highest BCUT2D eigenvalue weighted by atomic mass is 35.5. The van der Waals surface area contributed by atoms with Gasteiger partial charge in [-0.15, -0.1) is 0 Å². The number of hydrogen-bond acceptors (Lipinski definition) is 7. The van der Waals surface area contributed by atoms with Crippen molar-refractivity contribution in [2.75, 3.05) is 43.9 Å². The molecule has 2 atom stereocenters. The van der Waals surface area contributed by atoms with Gasteiger partial charge in [0.05, 0.1) is 22.8 Å². The first-order valence-electron chi connectivity index (χ1n) is 13.2. The topological polar surface area (TPSA) is 91.5 Å². The lowest BCUT2D eigenvalue weighted by atomic mass is 9.87. The molecule has 214 valence electrons. The molecule has 3 heterocycles. The molecule has 0 bridgehead atoms. The predicted molar refractivity (Wildman–Crippen MR) is 151 cm³/mol. The Morgan fingerprint density at radius 1 is 1.15 bits per heavy atom. The maximum atomic E-state index is 14.4. The van der Waals surface area contributed by atoms with Crippen LogP contribution < -0.4 is 15.9 Å². The molecule has 2 aromatic heterocycles. The molecule has 0 radical (unpaired) electrons. The Balaban J connectivity index is 1.66. The zero-order chi connectivity index (χ0) is 28.7. The fraction of sp³-hybridized carbons (Fsp3) is 0.593. The minimum Gasteiger partial charge on any atom is -0.390 e. The Hall–Kier alpha value is -2.76. The molecule has 0 aliphatic carbocycles. The third kappa shape index (κ3) is 6.36. The van der Waals surface area contributed by atoms with Crippen LogP contribution in [0.3, 0.4) is 0 Å². The predicted octanol–water partition coefficient (Wildman–Crippen LogP) is 4.44. The standard InChI is InChI=1S/C27H38ClF2N7O2/c1-17-15-35(16-18(2)27(17,29)30)24-31-14-20(28)23(33-24)32-19-7-8-21-22(13-19)36(10-9-26(3,4)39)25(38)37(21)12-11-34(5)6/h7-8,13-14,17-18,39H,9-12,15-16H2,1-6H3,(H,31,32,33)/t17-,18-/m0/s1. The van der Waals surface area contributed by atoms with Gasteiger partial charge in [0.25, 0.3) is 5.92 Å². The lowest BCUT2D eigenvalue weighted by molar-refractivity contribution is -0.105. The van der Waals surface area contributed by atoms with Crippen molar-refractivity contribution in [2.45, 2.75) is 58.7 Å². The number of likely N-dealkylation sites (N-methyl/N-ethyl adjacent to an activating group) is 1. The van der Waals surface area contributed by atoms with Crippen LogP contribution in [-0.4, -0.2) is 74.4 Å². The van der Waals surface area contributed by atoms with E-state index in [9.17, 15) is 18.7 Å². The molecular weight excluding hydrogens is 528 g/mol. The molecular formula is C27H38ClF2N7O2. The first-order valence-corrected chi connectivity index (χ1v) is 13.6. The van der Waals surface area contributed by atoms with Crippen LogP contribution in [0.1, 0.15) is 34.1 Å². The molecule has 39 heavy (non-hydrogen) atoms. The van der Waals surface area contributed by atoms with Crippen molar-refractivity contribution in [3.8, 4) is 0 Å². The van der Waals surface area contributed by atoms with Crippen molar-refractivity contribution < 1.29 is 13.9 Å². The van der Waals surface area contributed by atoms with Gasteiger partial charge in [-0.25, -0.2) is 18.6 Å². The fourth-order valence-corrected chi connectivity index (χ4v) is 5.02. The van der Waals surface area contributed by atoms with Crippen LogP contribution in [0.15, 0.2) is 29.2 Å². The molecule has 2 N–H and O–H groups in total. The third-order valence-corrected chi connectivity index (χ3v) is 7.59. The van der Waals surface area contributed by atoms with Crippen molar-refractivity contribution in [1.29, 1.82) is 0 Å². The van der Waals surface area contributed by atoms with Gasteiger partial charge in [-0.3, -0.25) is 9.13 Å². The summed E-state index contributed by atoms with van der Waals surface area (Å²) in [7, 11) is 3.91. The second-order valence-electron chi connectivity index (χ2n) is 11.5. The number of rotatable bonds is 9. The van der Waals surface area contributed by atoms with Gasteiger partial charge in [-0.05, 0) is 52.6 Å². The number of halogens is 3. The van der Waals surface area contributed by atoms with Gasteiger partial charge in [-0.1, -0.05) is 25.4 Å². The largest absolute Gasteiger partial charge is 0.390 e. The number of anilines is 3.